The van der Waals surface area contributed by atoms with Crippen LogP contribution in [0.2, 0.25) is 0 Å². The van der Waals surface area contributed by atoms with Crippen LogP contribution in [0.15, 0.2) is 36.7 Å². The monoisotopic (exact) mass is 363 g/mol. The smallest absolute Gasteiger partial charge is 0.227 e. The first-order valence-electron chi connectivity index (χ1n) is 9.88. The first kappa shape index (κ1) is 16.4. The quantitative estimate of drug-likeness (QED) is 0.742. The standard InChI is InChI=1S/C20H25N7/c1-2-10-26(9-1)20-21-8-7-19(24-20)27-11-3-4-17(14-27)23-16-5-6-18-15(12-16)13-22-25-18/h5-8,12-13,17,23H,1-4,9-11,14H2,(H,22,25). The SMILES string of the molecule is c1cc(N2CCCC(Nc3ccc4[nH]ncc4c3)C2)nc(N2CCCC2)n1. The van der Waals surface area contributed by atoms with Crippen molar-refractivity contribution in [3.63, 3.8) is 0 Å². The summed E-state index contributed by atoms with van der Waals surface area (Å²) in [7, 11) is 0. The lowest BCUT2D eigenvalue weighted by Gasteiger charge is -2.34. The van der Waals surface area contributed by atoms with E-state index in [1.165, 1.54) is 19.3 Å². The molecule has 0 saturated carbocycles. The molecule has 0 amide bonds. The summed E-state index contributed by atoms with van der Waals surface area (Å²) in [5, 5.41) is 11.9. The van der Waals surface area contributed by atoms with Gasteiger partial charge in [0.2, 0.25) is 5.95 Å². The van der Waals surface area contributed by atoms with Crippen LogP contribution in [-0.4, -0.2) is 52.4 Å². The fourth-order valence-corrected chi connectivity index (χ4v) is 4.16. The molecule has 0 radical (unpaired) electrons. The number of benzene rings is 1. The van der Waals surface area contributed by atoms with Crippen molar-refractivity contribution < 1.29 is 0 Å². The molecule has 2 N–H and O–H groups in total. The van der Waals surface area contributed by atoms with Crippen molar-refractivity contribution >= 4 is 28.4 Å². The van der Waals surface area contributed by atoms with Gasteiger partial charge in [-0.1, -0.05) is 0 Å². The lowest BCUT2D eigenvalue weighted by Crippen LogP contribution is -2.42. The maximum atomic E-state index is 4.85. The van der Waals surface area contributed by atoms with Gasteiger partial charge < -0.3 is 15.1 Å². The number of aromatic nitrogens is 4. The summed E-state index contributed by atoms with van der Waals surface area (Å²) in [6.07, 6.45) is 8.58. The second-order valence-electron chi connectivity index (χ2n) is 7.51. The molecular formula is C20H25N7. The summed E-state index contributed by atoms with van der Waals surface area (Å²) in [5.74, 6) is 1.93. The Kier molecular flexibility index (Phi) is 4.27. The molecule has 5 rings (SSSR count). The van der Waals surface area contributed by atoms with Gasteiger partial charge in [0, 0.05) is 49.5 Å². The van der Waals surface area contributed by atoms with Crippen LogP contribution in [0.1, 0.15) is 25.7 Å². The van der Waals surface area contributed by atoms with Gasteiger partial charge in [0.25, 0.3) is 0 Å². The summed E-state index contributed by atoms with van der Waals surface area (Å²) in [5.41, 5.74) is 2.22. The van der Waals surface area contributed by atoms with Crippen LogP contribution in [0, 0.1) is 0 Å². The van der Waals surface area contributed by atoms with Crippen molar-refractivity contribution in [1.82, 2.24) is 20.2 Å². The van der Waals surface area contributed by atoms with Gasteiger partial charge in [-0.05, 0) is 49.9 Å². The summed E-state index contributed by atoms with van der Waals surface area (Å²) in [6, 6.07) is 8.81. The van der Waals surface area contributed by atoms with E-state index in [-0.39, 0.29) is 0 Å². The zero-order valence-corrected chi connectivity index (χ0v) is 15.4. The summed E-state index contributed by atoms with van der Waals surface area (Å²) in [6.45, 7) is 4.16. The minimum absolute atomic E-state index is 0.410. The van der Waals surface area contributed by atoms with Crippen LogP contribution in [0.25, 0.3) is 10.9 Å². The largest absolute Gasteiger partial charge is 0.381 e. The van der Waals surface area contributed by atoms with Gasteiger partial charge >= 0.3 is 0 Å². The van der Waals surface area contributed by atoms with Crippen molar-refractivity contribution in [2.24, 2.45) is 0 Å². The Labute approximate surface area is 158 Å². The number of fused-ring (bicyclic) bond motifs is 1. The maximum Gasteiger partial charge on any atom is 0.227 e. The van der Waals surface area contributed by atoms with Crippen LogP contribution < -0.4 is 15.1 Å². The molecule has 2 aliphatic rings. The van der Waals surface area contributed by atoms with Crippen molar-refractivity contribution in [2.75, 3.05) is 41.3 Å². The lowest BCUT2D eigenvalue weighted by molar-refractivity contribution is 0.526. The number of aromatic amines is 1. The average molecular weight is 363 g/mol. The Bertz CT molecular complexity index is 915. The van der Waals surface area contributed by atoms with Gasteiger partial charge in [-0.15, -0.1) is 0 Å². The molecule has 2 saturated heterocycles. The number of nitrogens with one attached hydrogen (secondary N) is 2. The zero-order valence-electron chi connectivity index (χ0n) is 15.4. The molecule has 4 heterocycles. The maximum absolute atomic E-state index is 4.85. The van der Waals surface area contributed by atoms with Gasteiger partial charge in [0.05, 0.1) is 11.7 Å². The van der Waals surface area contributed by atoms with E-state index in [1.807, 2.05) is 18.5 Å². The third-order valence-electron chi connectivity index (χ3n) is 5.57. The van der Waals surface area contributed by atoms with Crippen LogP contribution in [0.4, 0.5) is 17.5 Å². The highest BCUT2D eigenvalue weighted by atomic mass is 15.3. The second-order valence-corrected chi connectivity index (χ2v) is 7.51. The number of H-pyrrole nitrogens is 1. The number of hydrogen-bond donors (Lipinski definition) is 2. The lowest BCUT2D eigenvalue weighted by atomic mass is 10.1. The van der Waals surface area contributed by atoms with Crippen molar-refractivity contribution in [3.8, 4) is 0 Å². The molecule has 140 valence electrons. The Hall–Kier alpha value is -2.83. The van der Waals surface area contributed by atoms with E-state index in [1.54, 1.807) is 0 Å². The van der Waals surface area contributed by atoms with Crippen LogP contribution in [-0.2, 0) is 0 Å². The minimum atomic E-state index is 0.410. The Morgan fingerprint density at radius 2 is 1.93 bits per heavy atom. The van der Waals surface area contributed by atoms with Crippen LogP contribution in [0.3, 0.4) is 0 Å². The van der Waals surface area contributed by atoms with E-state index in [0.29, 0.717) is 6.04 Å². The van der Waals surface area contributed by atoms with Crippen molar-refractivity contribution in [3.05, 3.63) is 36.7 Å². The predicted octanol–water partition coefficient (Wildman–Crippen LogP) is 3.03. The van der Waals surface area contributed by atoms with Crippen LogP contribution in [0.5, 0.6) is 0 Å². The number of nitrogens with zero attached hydrogens (tertiary/aromatic N) is 5. The highest BCUT2D eigenvalue weighted by Crippen LogP contribution is 2.24. The fourth-order valence-electron chi connectivity index (χ4n) is 4.16. The van der Waals surface area contributed by atoms with Crippen molar-refractivity contribution in [2.45, 2.75) is 31.7 Å². The molecule has 1 unspecified atom stereocenters. The molecule has 0 aliphatic carbocycles. The highest BCUT2D eigenvalue weighted by Gasteiger charge is 2.22. The highest BCUT2D eigenvalue weighted by molar-refractivity contribution is 5.81. The summed E-state index contributed by atoms with van der Waals surface area (Å²) in [4.78, 5) is 14.0. The fraction of sp³-hybridized carbons (Fsp3) is 0.450. The van der Waals surface area contributed by atoms with Gasteiger partial charge in [0.15, 0.2) is 0 Å². The molecule has 2 aromatic heterocycles. The van der Waals surface area contributed by atoms with Crippen molar-refractivity contribution in [1.29, 1.82) is 0 Å². The van der Waals surface area contributed by atoms with E-state index < -0.39 is 0 Å². The molecule has 0 bridgehead atoms. The van der Waals surface area contributed by atoms with Crippen LogP contribution >= 0.6 is 0 Å². The molecule has 7 nitrogen and oxygen atoms in total. The van der Waals surface area contributed by atoms with E-state index in [2.05, 4.69) is 48.5 Å². The minimum Gasteiger partial charge on any atom is -0.381 e. The van der Waals surface area contributed by atoms with E-state index in [9.17, 15) is 0 Å². The zero-order chi connectivity index (χ0) is 18.1. The molecule has 27 heavy (non-hydrogen) atoms. The van der Waals surface area contributed by atoms with Gasteiger partial charge in [0.1, 0.15) is 5.82 Å². The molecule has 2 aliphatic heterocycles. The Morgan fingerprint density at radius 1 is 1.04 bits per heavy atom. The third-order valence-corrected chi connectivity index (χ3v) is 5.57. The van der Waals surface area contributed by atoms with Gasteiger partial charge in [-0.2, -0.15) is 10.1 Å². The molecule has 1 aromatic carbocycles. The van der Waals surface area contributed by atoms with Gasteiger partial charge in [-0.3, -0.25) is 5.10 Å². The summed E-state index contributed by atoms with van der Waals surface area (Å²) >= 11 is 0. The Balaban J connectivity index is 1.29. The first-order valence-corrected chi connectivity index (χ1v) is 9.88. The average Bonchev–Trinajstić information content (AvgIpc) is 3.40. The molecular weight excluding hydrogens is 338 g/mol. The topological polar surface area (TPSA) is 73.0 Å². The predicted molar refractivity (Wildman–Crippen MR) is 108 cm³/mol. The molecule has 3 aromatic rings. The Morgan fingerprint density at radius 3 is 2.85 bits per heavy atom. The normalized spacial score (nSPS) is 20.4. The third kappa shape index (κ3) is 3.41. The number of piperidine rings is 1. The van der Waals surface area contributed by atoms with Gasteiger partial charge in [-0.25, -0.2) is 4.98 Å². The first-order chi connectivity index (χ1) is 13.3. The summed E-state index contributed by atoms with van der Waals surface area (Å²) < 4.78 is 0. The molecule has 7 heteroatoms. The number of anilines is 3. The molecule has 1 atom stereocenters. The molecule has 2 fully saturated rings. The number of hydrogen-bond acceptors (Lipinski definition) is 6. The van der Waals surface area contributed by atoms with E-state index >= 15 is 0 Å². The van der Waals surface area contributed by atoms with E-state index in [4.69, 9.17) is 4.98 Å². The molecule has 0 spiro atoms. The number of rotatable bonds is 4. The second kappa shape index (κ2) is 7.06. The van der Waals surface area contributed by atoms with E-state index in [0.717, 1.165) is 61.0 Å².